The van der Waals surface area contributed by atoms with Crippen molar-refractivity contribution in [2.75, 3.05) is 5.32 Å². The molecule has 0 spiro atoms. The minimum Gasteiger partial charge on any atom is -0.478 e. The lowest BCUT2D eigenvalue weighted by Crippen LogP contribution is -2.08. The molecular weight excluding hydrogens is 282 g/mol. The molecule has 1 atom stereocenters. The van der Waals surface area contributed by atoms with Crippen LogP contribution in [0.4, 0.5) is 5.69 Å². The number of carbonyl (C=O) groups is 2. The van der Waals surface area contributed by atoms with Crippen molar-refractivity contribution in [2.45, 2.75) is 6.10 Å². The molecule has 0 aromatic heterocycles. The highest BCUT2D eigenvalue weighted by atomic mass is 16.4. The van der Waals surface area contributed by atoms with E-state index in [4.69, 9.17) is 5.11 Å². The Kier molecular flexibility index (Phi) is 3.48. The summed E-state index contributed by atoms with van der Waals surface area (Å²) >= 11 is 0. The van der Waals surface area contributed by atoms with Crippen molar-refractivity contribution in [3.8, 4) is 11.1 Å². The van der Waals surface area contributed by atoms with Gasteiger partial charge < -0.3 is 15.5 Å². The van der Waals surface area contributed by atoms with Crippen LogP contribution in [0.3, 0.4) is 0 Å². The molecule has 22 heavy (non-hydrogen) atoms. The van der Waals surface area contributed by atoms with Crippen LogP contribution in [0.1, 0.15) is 17.2 Å². The van der Waals surface area contributed by atoms with E-state index < -0.39 is 18.0 Å². The number of anilines is 1. The molecule has 1 aliphatic rings. The number of rotatable bonds is 3. The molecule has 1 amide bonds. The first kappa shape index (κ1) is 14.0. The molecule has 5 heteroatoms. The first-order valence-electron chi connectivity index (χ1n) is 6.69. The van der Waals surface area contributed by atoms with Crippen molar-refractivity contribution in [1.82, 2.24) is 0 Å². The van der Waals surface area contributed by atoms with Gasteiger partial charge in [0.15, 0.2) is 0 Å². The zero-order chi connectivity index (χ0) is 15.7. The normalized spacial score (nSPS) is 15.4. The Morgan fingerprint density at radius 2 is 1.73 bits per heavy atom. The van der Waals surface area contributed by atoms with Gasteiger partial charge in [0.05, 0.1) is 0 Å². The molecule has 1 aliphatic carbocycles. The number of fused-ring (bicyclic) bond motifs is 3. The van der Waals surface area contributed by atoms with Crippen LogP contribution in [0.15, 0.2) is 54.6 Å². The van der Waals surface area contributed by atoms with Crippen molar-refractivity contribution in [3.05, 3.63) is 65.7 Å². The smallest absolute Gasteiger partial charge is 0.328 e. The molecule has 0 fully saturated rings. The Hall–Kier alpha value is -2.92. The molecule has 5 nitrogen and oxygen atoms in total. The van der Waals surface area contributed by atoms with Crippen molar-refractivity contribution < 1.29 is 19.8 Å². The molecule has 0 bridgehead atoms. The van der Waals surface area contributed by atoms with Gasteiger partial charge in [0.25, 0.3) is 0 Å². The average molecular weight is 295 g/mol. The standard InChI is InChI=1S/C17H13NO4/c19-15(7-8-16(20)21)18-10-5-6-13-14(9-10)11-3-1-2-4-12(11)17(13)22/h1-9,17,22H,(H,18,19)(H,20,21)/b8-7+. The third kappa shape index (κ3) is 2.49. The van der Waals surface area contributed by atoms with Crippen LogP contribution in [0.25, 0.3) is 11.1 Å². The van der Waals surface area contributed by atoms with Crippen LogP contribution in [-0.2, 0) is 9.59 Å². The number of carbonyl (C=O) groups excluding carboxylic acids is 1. The van der Waals surface area contributed by atoms with Gasteiger partial charge in [-0.3, -0.25) is 4.79 Å². The van der Waals surface area contributed by atoms with Crippen LogP contribution in [0.2, 0.25) is 0 Å². The average Bonchev–Trinajstić information content (AvgIpc) is 2.79. The van der Waals surface area contributed by atoms with Gasteiger partial charge in [-0.15, -0.1) is 0 Å². The molecule has 0 radical (unpaired) electrons. The second-order valence-corrected chi connectivity index (χ2v) is 4.95. The lowest BCUT2D eigenvalue weighted by molar-refractivity contribution is -0.131. The van der Waals surface area contributed by atoms with E-state index in [9.17, 15) is 14.7 Å². The fraction of sp³-hybridized carbons (Fsp3) is 0.0588. The number of benzene rings is 2. The number of aliphatic hydroxyl groups excluding tert-OH is 1. The summed E-state index contributed by atoms with van der Waals surface area (Å²) in [5.74, 6) is -1.70. The Labute approximate surface area is 126 Å². The van der Waals surface area contributed by atoms with E-state index in [1.54, 1.807) is 18.2 Å². The summed E-state index contributed by atoms with van der Waals surface area (Å²) in [6.07, 6.45) is 1.07. The number of amides is 1. The fourth-order valence-corrected chi connectivity index (χ4v) is 2.58. The van der Waals surface area contributed by atoms with Crippen LogP contribution >= 0.6 is 0 Å². The molecule has 2 aromatic carbocycles. The summed E-state index contributed by atoms with van der Waals surface area (Å²) in [6.45, 7) is 0. The van der Waals surface area contributed by atoms with E-state index in [0.717, 1.165) is 34.4 Å². The molecule has 0 saturated heterocycles. The van der Waals surface area contributed by atoms with E-state index in [-0.39, 0.29) is 0 Å². The summed E-state index contributed by atoms with van der Waals surface area (Å²) in [5, 5.41) is 21.4. The Morgan fingerprint density at radius 3 is 2.50 bits per heavy atom. The summed E-state index contributed by atoms with van der Waals surface area (Å²) in [4.78, 5) is 22.0. The van der Waals surface area contributed by atoms with Gasteiger partial charge in [-0.2, -0.15) is 0 Å². The highest BCUT2D eigenvalue weighted by Crippen LogP contribution is 2.44. The highest BCUT2D eigenvalue weighted by molar-refractivity contribution is 6.02. The molecule has 110 valence electrons. The van der Waals surface area contributed by atoms with E-state index in [1.165, 1.54) is 0 Å². The summed E-state index contributed by atoms with van der Waals surface area (Å²) in [7, 11) is 0. The van der Waals surface area contributed by atoms with E-state index in [1.807, 2.05) is 24.3 Å². The molecule has 0 saturated carbocycles. The lowest BCUT2D eigenvalue weighted by Gasteiger charge is -2.07. The van der Waals surface area contributed by atoms with Gasteiger partial charge in [0.2, 0.25) is 5.91 Å². The summed E-state index contributed by atoms with van der Waals surface area (Å²) in [5.41, 5.74) is 3.97. The molecule has 0 aliphatic heterocycles. The zero-order valence-electron chi connectivity index (χ0n) is 11.5. The lowest BCUT2D eigenvalue weighted by atomic mass is 10.1. The zero-order valence-corrected chi connectivity index (χ0v) is 11.5. The van der Waals surface area contributed by atoms with Crippen molar-refractivity contribution in [2.24, 2.45) is 0 Å². The molecule has 1 unspecified atom stereocenters. The number of aliphatic hydroxyl groups is 1. The van der Waals surface area contributed by atoms with Gasteiger partial charge in [-0.25, -0.2) is 4.79 Å². The van der Waals surface area contributed by atoms with Gasteiger partial charge in [0, 0.05) is 17.8 Å². The third-order valence-electron chi connectivity index (χ3n) is 3.54. The molecule has 2 aromatic rings. The molecule has 3 rings (SSSR count). The number of aliphatic carboxylic acids is 1. The van der Waals surface area contributed by atoms with Crippen LogP contribution in [0, 0.1) is 0 Å². The topological polar surface area (TPSA) is 86.6 Å². The number of hydrogen-bond donors (Lipinski definition) is 3. The second-order valence-electron chi connectivity index (χ2n) is 4.95. The fourth-order valence-electron chi connectivity index (χ4n) is 2.58. The summed E-state index contributed by atoms with van der Waals surface area (Å²) in [6, 6.07) is 12.8. The van der Waals surface area contributed by atoms with Crippen molar-refractivity contribution in [3.63, 3.8) is 0 Å². The van der Waals surface area contributed by atoms with E-state index in [0.29, 0.717) is 5.69 Å². The number of carboxylic acids is 1. The molecular formula is C17H13NO4. The Morgan fingerprint density at radius 1 is 1.00 bits per heavy atom. The van der Waals surface area contributed by atoms with Gasteiger partial charge >= 0.3 is 5.97 Å². The number of carboxylic acid groups (broad SMARTS) is 1. The van der Waals surface area contributed by atoms with Crippen LogP contribution in [0.5, 0.6) is 0 Å². The quantitative estimate of drug-likeness (QED) is 0.758. The predicted octanol–water partition coefficient (Wildman–Crippen LogP) is 2.33. The largest absolute Gasteiger partial charge is 0.478 e. The molecule has 0 heterocycles. The SMILES string of the molecule is O=C(O)/C=C/C(=O)Nc1ccc2c(c1)-c1ccccc1C2O. The maximum absolute atomic E-state index is 11.6. The predicted molar refractivity (Wildman–Crippen MR) is 81.3 cm³/mol. The second kappa shape index (κ2) is 5.46. The Bertz CT molecular complexity index is 795. The first-order valence-corrected chi connectivity index (χ1v) is 6.69. The summed E-state index contributed by atoms with van der Waals surface area (Å²) < 4.78 is 0. The maximum Gasteiger partial charge on any atom is 0.328 e. The number of nitrogens with one attached hydrogen (secondary N) is 1. The van der Waals surface area contributed by atoms with E-state index >= 15 is 0 Å². The maximum atomic E-state index is 11.6. The third-order valence-corrected chi connectivity index (χ3v) is 3.54. The monoisotopic (exact) mass is 295 g/mol. The number of hydrogen-bond acceptors (Lipinski definition) is 3. The minimum atomic E-state index is -1.18. The molecule has 3 N–H and O–H groups in total. The van der Waals surface area contributed by atoms with Crippen LogP contribution in [-0.4, -0.2) is 22.1 Å². The van der Waals surface area contributed by atoms with Gasteiger partial charge in [0.1, 0.15) is 6.10 Å². The van der Waals surface area contributed by atoms with Gasteiger partial charge in [-0.1, -0.05) is 30.3 Å². The van der Waals surface area contributed by atoms with Crippen LogP contribution < -0.4 is 5.32 Å². The first-order chi connectivity index (χ1) is 10.6. The van der Waals surface area contributed by atoms with Gasteiger partial charge in [-0.05, 0) is 34.4 Å². The highest BCUT2D eigenvalue weighted by Gasteiger charge is 2.26. The van der Waals surface area contributed by atoms with E-state index in [2.05, 4.69) is 5.32 Å². The Balaban J connectivity index is 1.90. The minimum absolute atomic E-state index is 0.519. The van der Waals surface area contributed by atoms with Crippen molar-refractivity contribution in [1.29, 1.82) is 0 Å². The van der Waals surface area contributed by atoms with Crippen molar-refractivity contribution >= 4 is 17.6 Å².